The summed E-state index contributed by atoms with van der Waals surface area (Å²) in [6.45, 7) is 2.90. The number of carbonyl (C=O) groups is 3. The molecule has 0 saturated carbocycles. The second kappa shape index (κ2) is 12.8. The van der Waals surface area contributed by atoms with Crippen molar-refractivity contribution in [2.45, 2.75) is 44.3 Å². The van der Waals surface area contributed by atoms with Crippen LogP contribution in [-0.4, -0.2) is 88.9 Å². The first-order valence-electron chi connectivity index (χ1n) is 16.9. The van der Waals surface area contributed by atoms with Gasteiger partial charge in [-0.2, -0.15) is 10.2 Å². The number of halogens is 1. The van der Waals surface area contributed by atoms with Crippen LogP contribution in [-0.2, 0) is 23.2 Å². The van der Waals surface area contributed by atoms with Crippen molar-refractivity contribution in [1.82, 2.24) is 43.7 Å². The van der Waals surface area contributed by atoms with E-state index in [9.17, 15) is 19.2 Å². The number of imidazole rings is 1. The summed E-state index contributed by atoms with van der Waals surface area (Å²) in [4.78, 5) is 59.5. The number of fused-ring (bicyclic) bond motifs is 3. The highest BCUT2D eigenvalue weighted by Crippen LogP contribution is 2.32. The number of nitrogens with one attached hydrogen (secondary N) is 2. The minimum atomic E-state index is -0.727. The maximum atomic E-state index is 15.0. The van der Waals surface area contributed by atoms with Crippen molar-refractivity contribution in [1.29, 1.82) is 0 Å². The number of aryl methyl sites for hydroxylation is 1. The van der Waals surface area contributed by atoms with Gasteiger partial charge in [0.15, 0.2) is 5.65 Å². The quantitative estimate of drug-likeness (QED) is 0.229. The number of hydrogen-bond donors (Lipinski definition) is 2. The van der Waals surface area contributed by atoms with Crippen molar-refractivity contribution in [2.75, 3.05) is 36.9 Å². The van der Waals surface area contributed by atoms with E-state index in [1.807, 2.05) is 24.4 Å². The number of hydrogen-bond acceptors (Lipinski definition) is 9. The minimum Gasteiger partial charge on any atom is -0.370 e. The van der Waals surface area contributed by atoms with Crippen molar-refractivity contribution in [3.63, 3.8) is 0 Å². The molecule has 4 aromatic heterocycles. The lowest BCUT2D eigenvalue weighted by molar-refractivity contribution is -0.135. The molecule has 2 aliphatic rings. The van der Waals surface area contributed by atoms with Crippen LogP contribution < -0.4 is 21.2 Å². The Balaban J connectivity index is 0.909. The van der Waals surface area contributed by atoms with Crippen molar-refractivity contribution in [3.05, 3.63) is 83.1 Å². The van der Waals surface area contributed by atoms with Crippen LogP contribution in [0.5, 0.6) is 0 Å². The van der Waals surface area contributed by atoms with Crippen molar-refractivity contribution in [2.24, 2.45) is 7.05 Å². The van der Waals surface area contributed by atoms with Crippen molar-refractivity contribution >= 4 is 56.7 Å². The number of aromatic nitrogens is 7. The van der Waals surface area contributed by atoms with E-state index in [0.29, 0.717) is 41.1 Å². The molecule has 2 aliphatic heterocycles. The van der Waals surface area contributed by atoms with Crippen LogP contribution >= 0.6 is 0 Å². The van der Waals surface area contributed by atoms with Gasteiger partial charge in [0, 0.05) is 69.2 Å². The highest BCUT2D eigenvalue weighted by molar-refractivity contribution is 6.08. The van der Waals surface area contributed by atoms with Gasteiger partial charge in [-0.15, -0.1) is 0 Å². The molecule has 1 atom stereocenters. The molecule has 3 amide bonds. The average Bonchev–Trinajstić information content (AvgIpc) is 3.81. The first-order chi connectivity index (χ1) is 24.7. The Morgan fingerprint density at radius 2 is 1.94 bits per heavy atom. The molecule has 262 valence electrons. The normalized spacial score (nSPS) is 17.3. The zero-order chi connectivity index (χ0) is 35.4. The number of imide groups is 1. The third-order valence-corrected chi connectivity index (χ3v) is 10.1. The van der Waals surface area contributed by atoms with Crippen molar-refractivity contribution in [3.8, 4) is 0 Å². The number of amides is 3. The molecule has 2 aromatic carbocycles. The van der Waals surface area contributed by atoms with E-state index in [1.54, 1.807) is 40.8 Å². The van der Waals surface area contributed by atoms with E-state index in [1.165, 1.54) is 21.3 Å². The molecular formula is C35H36FN11O4. The van der Waals surface area contributed by atoms with Gasteiger partial charge in [-0.25, -0.2) is 18.7 Å². The summed E-state index contributed by atoms with van der Waals surface area (Å²) in [6.07, 6.45) is 8.80. The lowest BCUT2D eigenvalue weighted by Crippen LogP contribution is -2.44. The van der Waals surface area contributed by atoms with E-state index in [0.717, 1.165) is 43.7 Å². The summed E-state index contributed by atoms with van der Waals surface area (Å²) in [6, 6.07) is 9.99. The van der Waals surface area contributed by atoms with Gasteiger partial charge in [0.2, 0.25) is 11.8 Å². The van der Waals surface area contributed by atoms with Crippen LogP contribution in [0.1, 0.15) is 42.1 Å². The predicted octanol–water partition coefficient (Wildman–Crippen LogP) is 2.70. The van der Waals surface area contributed by atoms with Gasteiger partial charge in [-0.05, 0) is 50.6 Å². The van der Waals surface area contributed by atoms with Gasteiger partial charge in [0.05, 0.1) is 40.7 Å². The zero-order valence-electron chi connectivity index (χ0n) is 28.1. The summed E-state index contributed by atoms with van der Waals surface area (Å²) < 4.78 is 21.4. The number of piperidine rings is 2. The lowest BCUT2D eigenvalue weighted by atomic mass is 10.0. The molecule has 8 rings (SSSR count). The van der Waals surface area contributed by atoms with Gasteiger partial charge in [-0.1, -0.05) is 6.07 Å². The second-order valence-corrected chi connectivity index (χ2v) is 13.2. The summed E-state index contributed by atoms with van der Waals surface area (Å²) in [7, 11) is 3.82. The number of anilines is 2. The van der Waals surface area contributed by atoms with Gasteiger partial charge < -0.3 is 15.1 Å². The largest absolute Gasteiger partial charge is 0.370 e. The summed E-state index contributed by atoms with van der Waals surface area (Å²) >= 11 is 0. The Bertz CT molecular complexity index is 2400. The minimum absolute atomic E-state index is 0.0505. The summed E-state index contributed by atoms with van der Waals surface area (Å²) in [5.41, 5.74) is 3.29. The maximum Gasteiger partial charge on any atom is 0.329 e. The lowest BCUT2D eigenvalue weighted by Gasteiger charge is -2.38. The molecule has 0 bridgehead atoms. The molecule has 51 heavy (non-hydrogen) atoms. The maximum absolute atomic E-state index is 15.0. The Kier molecular flexibility index (Phi) is 8.09. The van der Waals surface area contributed by atoms with Gasteiger partial charge >= 0.3 is 5.69 Å². The Hall–Kier alpha value is -5.90. The fourth-order valence-corrected chi connectivity index (χ4v) is 7.38. The Morgan fingerprint density at radius 1 is 1.12 bits per heavy atom. The second-order valence-electron chi connectivity index (χ2n) is 13.2. The van der Waals surface area contributed by atoms with E-state index in [2.05, 4.69) is 42.7 Å². The molecule has 2 N–H and O–H groups in total. The van der Waals surface area contributed by atoms with Crippen LogP contribution in [0, 0.1) is 5.82 Å². The van der Waals surface area contributed by atoms with E-state index in [4.69, 9.17) is 0 Å². The molecule has 6 heterocycles. The highest BCUT2D eigenvalue weighted by Gasteiger charge is 2.32. The van der Waals surface area contributed by atoms with Crippen LogP contribution in [0.2, 0.25) is 0 Å². The first-order valence-corrected chi connectivity index (χ1v) is 16.9. The fourth-order valence-electron chi connectivity index (χ4n) is 7.38. The van der Waals surface area contributed by atoms with Crippen LogP contribution in [0.25, 0.3) is 27.6 Å². The average molecular weight is 694 g/mol. The molecule has 0 aliphatic carbocycles. The predicted molar refractivity (Wildman–Crippen MR) is 187 cm³/mol. The van der Waals surface area contributed by atoms with Crippen molar-refractivity contribution < 1.29 is 18.8 Å². The first kappa shape index (κ1) is 32.3. The molecule has 15 nitrogen and oxygen atoms in total. The zero-order valence-corrected chi connectivity index (χ0v) is 28.1. The third kappa shape index (κ3) is 5.80. The standard InChI is InChI=1S/C35H36FN11O4/c1-42(15-16-45-20-21-17-26(24(36)18-25(21)41-45)39-33(49)23-19-38-46-12-4-11-37-32(23)46)22-9-13-44(14-10-22)27-5-3-6-28-31(27)43(2)35(51)47(28)29-7-8-30(48)40-34(29)50/h3-6,11-12,17-20,22,29H,7-10,13-16H2,1-2H3,(H,39,49)(H,40,48,50). The molecule has 0 spiro atoms. The fraction of sp³-hybridized carbons (Fsp3) is 0.343. The molecule has 2 saturated heterocycles. The number of carbonyl (C=O) groups excluding carboxylic acids is 3. The monoisotopic (exact) mass is 693 g/mol. The summed E-state index contributed by atoms with van der Waals surface area (Å²) in [5, 5.41) is 14.4. The van der Waals surface area contributed by atoms with E-state index >= 15 is 4.39 Å². The summed E-state index contributed by atoms with van der Waals surface area (Å²) in [5.74, 6) is -1.86. The smallest absolute Gasteiger partial charge is 0.329 e. The van der Waals surface area contributed by atoms with E-state index < -0.39 is 23.7 Å². The Morgan fingerprint density at radius 3 is 2.75 bits per heavy atom. The van der Waals surface area contributed by atoms with Crippen LogP contribution in [0.15, 0.2) is 66.0 Å². The van der Waals surface area contributed by atoms with Gasteiger partial charge in [0.1, 0.15) is 17.4 Å². The Labute approximate surface area is 290 Å². The van der Waals surface area contributed by atoms with Gasteiger partial charge in [-0.3, -0.25) is 33.5 Å². The number of para-hydroxylation sites is 1. The molecule has 16 heteroatoms. The van der Waals surface area contributed by atoms with Crippen LogP contribution in [0.4, 0.5) is 15.8 Å². The van der Waals surface area contributed by atoms with E-state index in [-0.39, 0.29) is 29.3 Å². The molecular weight excluding hydrogens is 657 g/mol. The number of nitrogens with zero attached hydrogens (tertiary/aromatic N) is 9. The third-order valence-electron chi connectivity index (χ3n) is 10.1. The van der Waals surface area contributed by atoms with Crippen LogP contribution in [0.3, 0.4) is 0 Å². The molecule has 0 radical (unpaired) electrons. The number of benzene rings is 2. The SMILES string of the molecule is CN(CCn1cc2cc(NC(=O)c3cnn4cccnc34)c(F)cc2n1)C1CCN(c2cccc3c2n(C)c(=O)n3C2CCC(=O)NC2=O)CC1. The highest BCUT2D eigenvalue weighted by atomic mass is 19.1. The number of likely N-dealkylation sites (N-methyl/N-ethyl adjacent to an activating group) is 1. The van der Waals surface area contributed by atoms with Gasteiger partial charge in [0.25, 0.3) is 5.91 Å². The number of rotatable bonds is 8. The topological polar surface area (TPSA) is 157 Å². The molecule has 1 unspecified atom stereocenters. The molecule has 2 fully saturated rings. The molecule has 6 aromatic rings.